The van der Waals surface area contributed by atoms with Crippen molar-refractivity contribution in [2.45, 2.75) is 33.2 Å². The maximum Gasteiger partial charge on any atom is 0.315 e. The fourth-order valence-corrected chi connectivity index (χ4v) is 1.95. The molecular formula is C16H26N2O3. The minimum Gasteiger partial charge on any atom is -0.492 e. The molecule has 0 aliphatic rings. The predicted molar refractivity (Wildman–Crippen MR) is 83.5 cm³/mol. The van der Waals surface area contributed by atoms with Crippen LogP contribution in [-0.4, -0.2) is 36.9 Å². The Kier molecular flexibility index (Phi) is 7.61. The van der Waals surface area contributed by atoms with Gasteiger partial charge in [0.05, 0.1) is 19.2 Å². The molecule has 2 amide bonds. The van der Waals surface area contributed by atoms with Gasteiger partial charge in [-0.05, 0) is 31.4 Å². The monoisotopic (exact) mass is 294 g/mol. The molecule has 1 unspecified atom stereocenters. The van der Waals surface area contributed by atoms with Crippen LogP contribution < -0.4 is 15.4 Å². The largest absolute Gasteiger partial charge is 0.492 e. The van der Waals surface area contributed by atoms with Gasteiger partial charge in [-0.1, -0.05) is 31.5 Å². The number of ether oxygens (including phenoxy) is 1. The van der Waals surface area contributed by atoms with E-state index >= 15 is 0 Å². The molecule has 0 radical (unpaired) electrons. The number of amides is 2. The number of urea groups is 1. The van der Waals surface area contributed by atoms with Crippen LogP contribution in [-0.2, 0) is 0 Å². The molecule has 1 atom stereocenters. The molecule has 0 saturated carbocycles. The van der Waals surface area contributed by atoms with E-state index in [2.05, 4.69) is 24.5 Å². The molecule has 5 nitrogen and oxygen atoms in total. The second-order valence-electron chi connectivity index (χ2n) is 5.57. The number of rotatable bonds is 8. The topological polar surface area (TPSA) is 70.6 Å². The third-order valence-electron chi connectivity index (χ3n) is 2.99. The third-order valence-corrected chi connectivity index (χ3v) is 2.99. The minimum absolute atomic E-state index is 0.0501. The van der Waals surface area contributed by atoms with Gasteiger partial charge < -0.3 is 20.5 Å². The van der Waals surface area contributed by atoms with Crippen LogP contribution in [0.1, 0.15) is 25.8 Å². The number of hydrogen-bond acceptors (Lipinski definition) is 3. The van der Waals surface area contributed by atoms with E-state index < -0.39 is 0 Å². The van der Waals surface area contributed by atoms with Crippen LogP contribution in [0.5, 0.6) is 5.75 Å². The number of carbonyl (C=O) groups is 1. The molecule has 21 heavy (non-hydrogen) atoms. The summed E-state index contributed by atoms with van der Waals surface area (Å²) >= 11 is 0. The van der Waals surface area contributed by atoms with Crippen LogP contribution in [0.25, 0.3) is 0 Å². The molecule has 5 heteroatoms. The zero-order valence-corrected chi connectivity index (χ0v) is 13.1. The summed E-state index contributed by atoms with van der Waals surface area (Å²) in [6.07, 6.45) is 0.754. The van der Waals surface area contributed by atoms with E-state index in [0.717, 1.165) is 12.2 Å². The molecule has 0 heterocycles. The zero-order valence-electron chi connectivity index (χ0n) is 13.1. The van der Waals surface area contributed by atoms with E-state index in [-0.39, 0.29) is 18.7 Å². The highest BCUT2D eigenvalue weighted by Gasteiger charge is 2.12. The second kappa shape index (κ2) is 9.23. The number of aryl methyl sites for hydroxylation is 1. The van der Waals surface area contributed by atoms with Crippen LogP contribution in [0.15, 0.2) is 24.3 Å². The zero-order chi connectivity index (χ0) is 15.7. The summed E-state index contributed by atoms with van der Waals surface area (Å²) in [5, 5.41) is 14.7. The Labute approximate surface area is 126 Å². The molecule has 0 saturated heterocycles. The van der Waals surface area contributed by atoms with Crippen LogP contribution >= 0.6 is 0 Å². The van der Waals surface area contributed by atoms with Crippen molar-refractivity contribution in [1.82, 2.24) is 10.6 Å². The average Bonchev–Trinajstić information content (AvgIpc) is 2.44. The lowest BCUT2D eigenvalue weighted by Crippen LogP contribution is -2.45. The van der Waals surface area contributed by atoms with Gasteiger partial charge in [-0.2, -0.15) is 0 Å². The van der Waals surface area contributed by atoms with Crippen molar-refractivity contribution in [2.75, 3.05) is 19.8 Å². The fraction of sp³-hybridized carbons (Fsp3) is 0.562. The van der Waals surface area contributed by atoms with E-state index in [4.69, 9.17) is 4.74 Å². The first-order chi connectivity index (χ1) is 10.0. The van der Waals surface area contributed by atoms with Crippen LogP contribution in [0.3, 0.4) is 0 Å². The van der Waals surface area contributed by atoms with Gasteiger partial charge in [0.25, 0.3) is 0 Å². The van der Waals surface area contributed by atoms with Crippen molar-refractivity contribution in [1.29, 1.82) is 0 Å². The Morgan fingerprint density at radius 1 is 1.29 bits per heavy atom. The SMILES string of the molecule is Cc1ccc(OCCNC(=O)NC(CO)CC(C)C)cc1. The van der Waals surface area contributed by atoms with Crippen LogP contribution in [0.4, 0.5) is 4.79 Å². The Bertz CT molecular complexity index is 418. The lowest BCUT2D eigenvalue weighted by molar-refractivity contribution is 0.205. The number of hydrogen-bond donors (Lipinski definition) is 3. The fourth-order valence-electron chi connectivity index (χ4n) is 1.95. The highest BCUT2D eigenvalue weighted by atomic mass is 16.5. The highest BCUT2D eigenvalue weighted by molar-refractivity contribution is 5.74. The van der Waals surface area contributed by atoms with E-state index in [1.54, 1.807) is 0 Å². The van der Waals surface area contributed by atoms with Crippen LogP contribution in [0, 0.1) is 12.8 Å². The molecule has 1 aromatic carbocycles. The minimum atomic E-state index is -0.276. The second-order valence-corrected chi connectivity index (χ2v) is 5.57. The summed E-state index contributed by atoms with van der Waals surface area (Å²) in [5.74, 6) is 1.21. The molecule has 0 fully saturated rings. The maximum absolute atomic E-state index is 11.7. The molecule has 1 rings (SSSR count). The smallest absolute Gasteiger partial charge is 0.315 e. The van der Waals surface area contributed by atoms with Gasteiger partial charge in [0.2, 0.25) is 0 Å². The lowest BCUT2D eigenvalue weighted by atomic mass is 10.0. The van der Waals surface area contributed by atoms with Gasteiger partial charge in [0.1, 0.15) is 12.4 Å². The van der Waals surface area contributed by atoms with Gasteiger partial charge in [0, 0.05) is 0 Å². The predicted octanol–water partition coefficient (Wildman–Crippen LogP) is 2.08. The van der Waals surface area contributed by atoms with Crippen molar-refractivity contribution in [3.05, 3.63) is 29.8 Å². The first kappa shape index (κ1) is 17.3. The number of carbonyl (C=O) groups excluding carboxylic acids is 1. The van der Waals surface area contributed by atoms with Crippen LogP contribution in [0.2, 0.25) is 0 Å². The Morgan fingerprint density at radius 2 is 1.95 bits per heavy atom. The van der Waals surface area contributed by atoms with Gasteiger partial charge in [0.15, 0.2) is 0 Å². The van der Waals surface area contributed by atoms with Gasteiger partial charge >= 0.3 is 6.03 Å². The summed E-state index contributed by atoms with van der Waals surface area (Å²) in [6.45, 7) is 6.90. The van der Waals surface area contributed by atoms with Crippen molar-refractivity contribution in [3.8, 4) is 5.75 Å². The molecule has 1 aromatic rings. The molecule has 0 aliphatic heterocycles. The maximum atomic E-state index is 11.7. The van der Waals surface area contributed by atoms with Crippen molar-refractivity contribution < 1.29 is 14.6 Å². The first-order valence-electron chi connectivity index (χ1n) is 7.36. The number of nitrogens with one attached hydrogen (secondary N) is 2. The van der Waals surface area contributed by atoms with Gasteiger partial charge in [-0.25, -0.2) is 4.79 Å². The summed E-state index contributed by atoms with van der Waals surface area (Å²) in [4.78, 5) is 11.7. The van der Waals surface area contributed by atoms with Crippen molar-refractivity contribution in [3.63, 3.8) is 0 Å². The van der Waals surface area contributed by atoms with Crippen molar-refractivity contribution in [2.24, 2.45) is 5.92 Å². The van der Waals surface area contributed by atoms with Gasteiger partial charge in [-0.15, -0.1) is 0 Å². The quantitative estimate of drug-likeness (QED) is 0.643. The highest BCUT2D eigenvalue weighted by Crippen LogP contribution is 2.10. The Morgan fingerprint density at radius 3 is 2.52 bits per heavy atom. The molecule has 0 aromatic heterocycles. The summed E-state index contributed by atoms with van der Waals surface area (Å²) < 4.78 is 5.52. The summed E-state index contributed by atoms with van der Waals surface area (Å²) in [7, 11) is 0. The van der Waals surface area contributed by atoms with Gasteiger partial charge in [-0.3, -0.25) is 0 Å². The van der Waals surface area contributed by atoms with E-state index in [1.807, 2.05) is 31.2 Å². The molecule has 3 N–H and O–H groups in total. The summed E-state index contributed by atoms with van der Waals surface area (Å²) in [6, 6.07) is 7.28. The molecular weight excluding hydrogens is 268 g/mol. The standard InChI is InChI=1S/C16H26N2O3/c1-12(2)10-14(11-19)18-16(20)17-8-9-21-15-6-4-13(3)5-7-15/h4-7,12,14,19H,8-11H2,1-3H3,(H2,17,18,20). The van der Waals surface area contributed by atoms with E-state index in [1.165, 1.54) is 5.56 Å². The normalized spacial score (nSPS) is 12.0. The lowest BCUT2D eigenvalue weighted by Gasteiger charge is -2.18. The number of benzene rings is 1. The molecule has 0 bridgehead atoms. The number of aliphatic hydroxyl groups excluding tert-OH is 1. The van der Waals surface area contributed by atoms with E-state index in [0.29, 0.717) is 19.1 Å². The summed E-state index contributed by atoms with van der Waals surface area (Å²) in [5.41, 5.74) is 1.18. The first-order valence-corrected chi connectivity index (χ1v) is 7.36. The average molecular weight is 294 g/mol. The molecule has 0 aliphatic carbocycles. The third kappa shape index (κ3) is 7.56. The van der Waals surface area contributed by atoms with Crippen molar-refractivity contribution >= 4 is 6.03 Å². The Hall–Kier alpha value is -1.75. The number of aliphatic hydroxyl groups is 1. The Balaban J connectivity index is 2.19. The van der Waals surface area contributed by atoms with E-state index in [9.17, 15) is 9.90 Å². The molecule has 118 valence electrons. The molecule has 0 spiro atoms.